The molecular weight excluding hydrogens is 270 g/mol. The van der Waals surface area contributed by atoms with Gasteiger partial charge in [0.25, 0.3) is 0 Å². The minimum Gasteiger partial charge on any atom is -0.396 e. The van der Waals surface area contributed by atoms with E-state index in [2.05, 4.69) is 30.6 Å². The predicted molar refractivity (Wildman–Crippen MR) is 87.7 cm³/mol. The average molecular weight is 294 g/mol. The molecule has 0 bridgehead atoms. The Labute approximate surface area is 127 Å². The molecule has 2 atom stereocenters. The molecule has 0 heterocycles. The van der Waals surface area contributed by atoms with Crippen LogP contribution < -0.4 is 5.32 Å². The maximum atomic E-state index is 8.82. The van der Waals surface area contributed by atoms with E-state index in [0.717, 1.165) is 36.5 Å². The molecule has 0 saturated heterocycles. The van der Waals surface area contributed by atoms with E-state index >= 15 is 0 Å². The summed E-state index contributed by atoms with van der Waals surface area (Å²) in [6.07, 6.45) is 13.6. The molecule has 2 N–H and O–H groups in total. The second kappa shape index (κ2) is 9.76. The van der Waals surface area contributed by atoms with E-state index in [4.69, 9.17) is 16.7 Å². The third kappa shape index (κ3) is 5.91. The summed E-state index contributed by atoms with van der Waals surface area (Å²) in [7, 11) is 0. The Bertz CT molecular complexity index is 409. The van der Waals surface area contributed by atoms with Crippen molar-refractivity contribution in [3.8, 4) is 0 Å². The molecule has 1 rings (SSSR count). The van der Waals surface area contributed by atoms with E-state index in [1.165, 1.54) is 0 Å². The maximum Gasteiger partial charge on any atom is 0.0443 e. The van der Waals surface area contributed by atoms with Gasteiger partial charge >= 0.3 is 0 Å². The lowest BCUT2D eigenvalue weighted by Gasteiger charge is -2.26. The van der Waals surface area contributed by atoms with Crippen LogP contribution in [0.1, 0.15) is 12.8 Å². The van der Waals surface area contributed by atoms with Gasteiger partial charge in [0.15, 0.2) is 0 Å². The number of hydrogen-bond donors (Lipinski definition) is 2. The fourth-order valence-corrected chi connectivity index (χ4v) is 2.41. The number of allylic oxidation sites excluding steroid dienone is 7. The number of rotatable bonds is 9. The number of hydrogen-bond acceptors (Lipinski definition) is 2. The Morgan fingerprint density at radius 1 is 1.60 bits per heavy atom. The van der Waals surface area contributed by atoms with Gasteiger partial charge in [0.05, 0.1) is 0 Å². The molecular formula is C17H24ClNO. The summed E-state index contributed by atoms with van der Waals surface area (Å²) in [6, 6.07) is 0. The van der Waals surface area contributed by atoms with Crippen LogP contribution in [0.5, 0.6) is 0 Å². The molecule has 0 aromatic carbocycles. The van der Waals surface area contributed by atoms with Crippen LogP contribution in [0.3, 0.4) is 0 Å². The molecule has 0 aromatic rings. The molecule has 2 unspecified atom stereocenters. The van der Waals surface area contributed by atoms with Crippen LogP contribution >= 0.6 is 11.6 Å². The van der Waals surface area contributed by atoms with Gasteiger partial charge in [-0.25, -0.2) is 0 Å². The van der Waals surface area contributed by atoms with Crippen molar-refractivity contribution < 1.29 is 5.11 Å². The van der Waals surface area contributed by atoms with Gasteiger partial charge in [-0.2, -0.15) is 0 Å². The van der Waals surface area contributed by atoms with Crippen molar-refractivity contribution in [2.45, 2.75) is 12.8 Å². The van der Waals surface area contributed by atoms with Crippen molar-refractivity contribution in [3.63, 3.8) is 0 Å². The van der Waals surface area contributed by atoms with E-state index in [1.807, 2.05) is 18.2 Å². The maximum absolute atomic E-state index is 8.82. The number of aliphatic hydroxyl groups excluding tert-OH is 1. The zero-order valence-electron chi connectivity index (χ0n) is 11.9. The molecule has 0 radical (unpaired) electrons. The van der Waals surface area contributed by atoms with Gasteiger partial charge in [-0.3, -0.25) is 0 Å². The Morgan fingerprint density at radius 2 is 2.40 bits per heavy atom. The quantitative estimate of drug-likeness (QED) is 0.503. The van der Waals surface area contributed by atoms with Gasteiger partial charge in [-0.1, -0.05) is 60.7 Å². The van der Waals surface area contributed by atoms with Crippen LogP contribution in [0, 0.1) is 11.8 Å². The molecule has 20 heavy (non-hydrogen) atoms. The van der Waals surface area contributed by atoms with Crippen molar-refractivity contribution in [1.29, 1.82) is 0 Å². The van der Waals surface area contributed by atoms with Crippen LogP contribution in [0.4, 0.5) is 0 Å². The second-order valence-electron chi connectivity index (χ2n) is 4.91. The second-order valence-corrected chi connectivity index (χ2v) is 5.34. The highest BCUT2D eigenvalue weighted by atomic mass is 35.5. The van der Waals surface area contributed by atoms with Crippen LogP contribution in [0.25, 0.3) is 0 Å². The van der Waals surface area contributed by atoms with Crippen molar-refractivity contribution >= 4 is 11.6 Å². The third-order valence-corrected chi connectivity index (χ3v) is 3.68. The van der Waals surface area contributed by atoms with Gasteiger partial charge in [-0.15, -0.1) is 0 Å². The molecule has 0 aliphatic heterocycles. The SMILES string of the molecule is C=CC=CC(=C)C(CNCCCO)C1C=CC(Cl)=CC1. The van der Waals surface area contributed by atoms with Crippen LogP contribution in [-0.2, 0) is 0 Å². The van der Waals surface area contributed by atoms with E-state index in [0.29, 0.717) is 11.8 Å². The first-order valence-electron chi connectivity index (χ1n) is 7.02. The van der Waals surface area contributed by atoms with Crippen LogP contribution in [-0.4, -0.2) is 24.8 Å². The third-order valence-electron chi connectivity index (χ3n) is 3.40. The van der Waals surface area contributed by atoms with Gasteiger partial charge in [0.1, 0.15) is 0 Å². The number of halogens is 1. The molecule has 3 heteroatoms. The predicted octanol–water partition coefficient (Wildman–Crippen LogP) is 3.57. The van der Waals surface area contributed by atoms with E-state index in [-0.39, 0.29) is 6.61 Å². The number of aliphatic hydroxyl groups is 1. The summed E-state index contributed by atoms with van der Waals surface area (Å²) in [6.45, 7) is 9.75. The van der Waals surface area contributed by atoms with Crippen molar-refractivity contribution in [3.05, 3.63) is 60.2 Å². The summed E-state index contributed by atoms with van der Waals surface area (Å²) in [5, 5.41) is 13.0. The zero-order chi connectivity index (χ0) is 14.8. The van der Waals surface area contributed by atoms with E-state index in [9.17, 15) is 0 Å². The Hall–Kier alpha value is -1.09. The van der Waals surface area contributed by atoms with Crippen molar-refractivity contribution in [2.75, 3.05) is 19.7 Å². The van der Waals surface area contributed by atoms with Crippen LogP contribution in [0.15, 0.2) is 60.2 Å². The molecule has 0 aromatic heterocycles. The van der Waals surface area contributed by atoms with E-state index < -0.39 is 0 Å². The highest BCUT2D eigenvalue weighted by molar-refractivity contribution is 6.31. The zero-order valence-corrected chi connectivity index (χ0v) is 12.6. The lowest BCUT2D eigenvalue weighted by Crippen LogP contribution is -2.30. The fraction of sp³-hybridized carbons (Fsp3) is 0.412. The summed E-state index contributed by atoms with van der Waals surface area (Å²) in [5.41, 5.74) is 1.09. The molecule has 0 saturated carbocycles. The van der Waals surface area contributed by atoms with Gasteiger partial charge in [-0.05, 0) is 31.4 Å². The van der Waals surface area contributed by atoms with Crippen LogP contribution in [0.2, 0.25) is 0 Å². The molecule has 2 nitrogen and oxygen atoms in total. The van der Waals surface area contributed by atoms with Crippen molar-refractivity contribution in [1.82, 2.24) is 5.32 Å². The fourth-order valence-electron chi connectivity index (χ4n) is 2.24. The van der Waals surface area contributed by atoms with Gasteiger partial charge < -0.3 is 10.4 Å². The monoisotopic (exact) mass is 293 g/mol. The minimum absolute atomic E-state index is 0.219. The molecule has 0 fully saturated rings. The molecule has 1 aliphatic carbocycles. The summed E-state index contributed by atoms with van der Waals surface area (Å²) in [5.74, 6) is 0.725. The topological polar surface area (TPSA) is 32.3 Å². The Morgan fingerprint density at radius 3 is 3.00 bits per heavy atom. The normalized spacial score (nSPS) is 19.9. The first-order chi connectivity index (χ1) is 9.69. The van der Waals surface area contributed by atoms with Gasteiger partial charge in [0.2, 0.25) is 0 Å². The first kappa shape index (κ1) is 17.0. The smallest absolute Gasteiger partial charge is 0.0443 e. The summed E-state index contributed by atoms with van der Waals surface area (Å²) >= 11 is 5.98. The average Bonchev–Trinajstić information content (AvgIpc) is 2.46. The highest BCUT2D eigenvalue weighted by Gasteiger charge is 2.21. The first-order valence-corrected chi connectivity index (χ1v) is 7.40. The summed E-state index contributed by atoms with van der Waals surface area (Å²) in [4.78, 5) is 0. The highest BCUT2D eigenvalue weighted by Crippen LogP contribution is 2.29. The Balaban J connectivity index is 2.63. The molecule has 1 aliphatic rings. The van der Waals surface area contributed by atoms with Crippen molar-refractivity contribution in [2.24, 2.45) is 11.8 Å². The Kier molecular flexibility index (Phi) is 8.28. The number of nitrogens with one attached hydrogen (secondary N) is 1. The largest absolute Gasteiger partial charge is 0.396 e. The lowest BCUT2D eigenvalue weighted by molar-refractivity contribution is 0.284. The molecule has 110 valence electrons. The van der Waals surface area contributed by atoms with E-state index in [1.54, 1.807) is 6.08 Å². The minimum atomic E-state index is 0.219. The molecule has 0 spiro atoms. The summed E-state index contributed by atoms with van der Waals surface area (Å²) < 4.78 is 0. The molecule has 0 amide bonds. The van der Waals surface area contributed by atoms with Gasteiger partial charge in [0, 0.05) is 24.1 Å². The standard InChI is InChI=1S/C17H24ClNO/c1-3-4-6-14(2)17(13-19-11-5-12-20)15-7-9-16(18)10-8-15/h3-4,6-7,9-10,15,17,19-20H,1-2,5,8,11-13H2. The lowest BCUT2D eigenvalue weighted by atomic mass is 9.82.